The van der Waals surface area contributed by atoms with Gasteiger partial charge in [-0.2, -0.15) is 4.31 Å². The third-order valence-corrected chi connectivity index (χ3v) is 10.4. The molecular weight excluding hydrogens is 568 g/mol. The molecule has 0 fully saturated rings. The molecule has 0 aromatic heterocycles. The van der Waals surface area contributed by atoms with Crippen LogP contribution in [-0.2, 0) is 40.6 Å². The van der Waals surface area contributed by atoms with Crippen molar-refractivity contribution in [2.45, 2.75) is 75.4 Å². The number of hydrogen-bond acceptors (Lipinski definition) is 4. The largest absolute Gasteiger partial charge is 0.496 e. The lowest BCUT2D eigenvalue weighted by molar-refractivity contribution is -0.126. The Morgan fingerprint density at radius 3 is 2.00 bits per heavy atom. The van der Waals surface area contributed by atoms with Gasteiger partial charge in [0.2, 0.25) is 15.9 Å². The van der Waals surface area contributed by atoms with Gasteiger partial charge in [0.05, 0.1) is 12.0 Å². The predicted octanol–water partition coefficient (Wildman–Crippen LogP) is 6.65. The van der Waals surface area contributed by atoms with E-state index in [0.29, 0.717) is 12.2 Å². The Balaban J connectivity index is 1.36. The van der Waals surface area contributed by atoms with Gasteiger partial charge in [0.15, 0.2) is 0 Å². The average molecular weight is 611 g/mol. The van der Waals surface area contributed by atoms with Crippen LogP contribution in [0.4, 0.5) is 0 Å². The summed E-state index contributed by atoms with van der Waals surface area (Å²) in [7, 11) is -2.47. The molecule has 1 heterocycles. The minimum Gasteiger partial charge on any atom is -0.496 e. The topological polar surface area (TPSA) is 75.7 Å². The number of fused-ring (bicyclic) bond motifs is 1. The quantitative estimate of drug-likeness (QED) is 0.184. The van der Waals surface area contributed by atoms with Gasteiger partial charge in [-0.3, -0.25) is 4.79 Å². The van der Waals surface area contributed by atoms with Crippen molar-refractivity contribution < 1.29 is 17.9 Å². The van der Waals surface area contributed by atoms with E-state index in [-0.39, 0.29) is 23.4 Å². The van der Waals surface area contributed by atoms with Crippen molar-refractivity contribution in [1.29, 1.82) is 0 Å². The third-order valence-electron chi connectivity index (χ3n) is 8.56. The molecule has 0 radical (unpaired) electrons. The number of nitrogens with zero attached hydrogens (tertiary/aromatic N) is 1. The molecule has 0 spiro atoms. The number of aryl methyl sites for hydroxylation is 3. The van der Waals surface area contributed by atoms with Crippen LogP contribution in [0.15, 0.2) is 108 Å². The second-order valence-electron chi connectivity index (χ2n) is 11.6. The van der Waals surface area contributed by atoms with Crippen LogP contribution in [0.25, 0.3) is 0 Å². The van der Waals surface area contributed by atoms with Crippen LogP contribution in [0.3, 0.4) is 0 Å². The summed E-state index contributed by atoms with van der Waals surface area (Å²) in [5, 5.41) is 3.31. The summed E-state index contributed by atoms with van der Waals surface area (Å²) < 4.78 is 35.1. The summed E-state index contributed by atoms with van der Waals surface area (Å²) in [4.78, 5) is 14.2. The summed E-state index contributed by atoms with van der Waals surface area (Å²) in [6, 6.07) is 32.5. The Hall–Kier alpha value is -3.94. The third kappa shape index (κ3) is 7.76. The van der Waals surface area contributed by atoms with Gasteiger partial charge >= 0.3 is 0 Å². The smallest absolute Gasteiger partial charge is 0.244 e. The molecule has 4 aromatic carbocycles. The summed E-state index contributed by atoms with van der Waals surface area (Å²) in [5.74, 6) is 0.257. The molecule has 7 heteroatoms. The summed E-state index contributed by atoms with van der Waals surface area (Å²) >= 11 is 0. The number of rotatable bonds is 13. The lowest BCUT2D eigenvalue weighted by atomic mass is 9.94. The highest BCUT2D eigenvalue weighted by Gasteiger charge is 2.40. The lowest BCUT2D eigenvalue weighted by Gasteiger charge is -2.36. The van der Waals surface area contributed by atoms with Crippen LogP contribution in [-0.4, -0.2) is 37.8 Å². The van der Waals surface area contributed by atoms with E-state index in [0.717, 1.165) is 55.2 Å². The molecule has 6 nitrogen and oxygen atoms in total. The molecular formula is C37H42N2O4S. The standard InChI is InChI=1S/C37H42N2O4S/c1-28-23-24-34(26-36(28)43-2)44(41,42)39-27-32-20-10-9-19-31(32)25-35(39)37(40)38-33(21-11-17-29-13-5-3-6-14-29)22-12-18-30-15-7-4-8-16-30/h3-10,13-16,19-20,23-24,26,33,35H,11-12,17-18,21-22,25,27H2,1-2H3,(H,38,40). The summed E-state index contributed by atoms with van der Waals surface area (Å²) in [6.45, 7) is 2.01. The molecule has 1 aliphatic rings. The van der Waals surface area contributed by atoms with Gasteiger partial charge in [0.1, 0.15) is 11.8 Å². The molecule has 1 N–H and O–H groups in total. The van der Waals surface area contributed by atoms with Gasteiger partial charge in [-0.25, -0.2) is 8.42 Å². The fraction of sp³-hybridized carbons (Fsp3) is 0.324. The van der Waals surface area contributed by atoms with E-state index in [1.807, 2.05) is 67.6 Å². The minimum atomic E-state index is -4.00. The van der Waals surface area contributed by atoms with Crippen LogP contribution < -0.4 is 10.1 Å². The molecule has 230 valence electrons. The van der Waals surface area contributed by atoms with Crippen LogP contribution in [0, 0.1) is 6.92 Å². The number of nitrogens with one attached hydrogen (secondary N) is 1. The molecule has 1 unspecified atom stereocenters. The normalized spacial score (nSPS) is 15.1. The van der Waals surface area contributed by atoms with Gasteiger partial charge < -0.3 is 10.1 Å². The van der Waals surface area contributed by atoms with E-state index >= 15 is 0 Å². The van der Waals surface area contributed by atoms with Crippen LogP contribution >= 0.6 is 0 Å². The Morgan fingerprint density at radius 2 is 1.41 bits per heavy atom. The summed E-state index contributed by atoms with van der Waals surface area (Å²) in [5.41, 5.74) is 5.32. The van der Waals surface area contributed by atoms with Gasteiger partial charge in [-0.05, 0) is 85.8 Å². The van der Waals surface area contributed by atoms with E-state index < -0.39 is 16.1 Å². The van der Waals surface area contributed by atoms with Gasteiger partial charge in [0, 0.05) is 18.7 Å². The number of carbonyl (C=O) groups excluding carboxylic acids is 1. The number of carbonyl (C=O) groups is 1. The highest BCUT2D eigenvalue weighted by atomic mass is 32.2. The van der Waals surface area contributed by atoms with E-state index in [4.69, 9.17) is 4.74 Å². The Morgan fingerprint density at radius 1 is 0.841 bits per heavy atom. The average Bonchev–Trinajstić information content (AvgIpc) is 3.05. The Labute approximate surface area is 262 Å². The van der Waals surface area contributed by atoms with E-state index in [9.17, 15) is 13.2 Å². The fourth-order valence-electron chi connectivity index (χ4n) is 6.05. The summed E-state index contributed by atoms with van der Waals surface area (Å²) in [6.07, 6.45) is 5.68. The zero-order valence-electron chi connectivity index (χ0n) is 25.6. The van der Waals surface area contributed by atoms with Crippen molar-refractivity contribution in [1.82, 2.24) is 9.62 Å². The lowest BCUT2D eigenvalue weighted by Crippen LogP contribution is -2.54. The van der Waals surface area contributed by atoms with Crippen LogP contribution in [0.5, 0.6) is 5.75 Å². The number of sulfonamides is 1. The number of hydrogen-bond donors (Lipinski definition) is 1. The van der Waals surface area contributed by atoms with Gasteiger partial charge in [-0.15, -0.1) is 0 Å². The van der Waals surface area contributed by atoms with Crippen LogP contribution in [0.2, 0.25) is 0 Å². The molecule has 44 heavy (non-hydrogen) atoms. The molecule has 0 saturated heterocycles. The molecule has 0 bridgehead atoms. The number of methoxy groups -OCH3 is 1. The maximum atomic E-state index is 14.1. The van der Waals surface area contributed by atoms with Crippen molar-refractivity contribution >= 4 is 15.9 Å². The van der Waals surface area contributed by atoms with Crippen molar-refractivity contribution in [2.75, 3.05) is 7.11 Å². The first-order valence-corrected chi connectivity index (χ1v) is 16.9. The zero-order valence-corrected chi connectivity index (χ0v) is 26.4. The first-order chi connectivity index (χ1) is 21.3. The molecule has 0 aliphatic carbocycles. The number of benzene rings is 4. The van der Waals surface area contributed by atoms with E-state index in [1.165, 1.54) is 22.5 Å². The van der Waals surface area contributed by atoms with E-state index in [2.05, 4.69) is 29.6 Å². The maximum Gasteiger partial charge on any atom is 0.244 e. The fourth-order valence-corrected chi connectivity index (χ4v) is 7.63. The Bertz CT molecular complexity index is 1600. The van der Waals surface area contributed by atoms with Gasteiger partial charge in [-0.1, -0.05) is 91.0 Å². The monoisotopic (exact) mass is 610 g/mol. The SMILES string of the molecule is COc1cc(S(=O)(=O)N2Cc3ccccc3CC2C(=O)NC(CCCc2ccccc2)CCCc2ccccc2)ccc1C. The highest BCUT2D eigenvalue weighted by molar-refractivity contribution is 7.89. The van der Waals surface area contributed by atoms with E-state index in [1.54, 1.807) is 18.2 Å². The van der Waals surface area contributed by atoms with Crippen molar-refractivity contribution in [3.8, 4) is 5.75 Å². The first kappa shape index (κ1) is 31.5. The molecule has 4 aromatic rings. The molecule has 1 aliphatic heterocycles. The second kappa shape index (κ2) is 14.7. The zero-order chi connectivity index (χ0) is 30.9. The highest BCUT2D eigenvalue weighted by Crippen LogP contribution is 2.31. The van der Waals surface area contributed by atoms with Crippen molar-refractivity contribution in [3.63, 3.8) is 0 Å². The molecule has 1 amide bonds. The van der Waals surface area contributed by atoms with Gasteiger partial charge in [0.25, 0.3) is 0 Å². The molecule has 5 rings (SSSR count). The van der Waals surface area contributed by atoms with Crippen molar-refractivity contribution in [2.24, 2.45) is 0 Å². The molecule has 1 atom stereocenters. The van der Waals surface area contributed by atoms with Crippen LogP contribution in [0.1, 0.15) is 53.5 Å². The number of ether oxygens (including phenoxy) is 1. The van der Waals surface area contributed by atoms with Crippen molar-refractivity contribution in [3.05, 3.63) is 131 Å². The maximum absolute atomic E-state index is 14.1. The second-order valence-corrected chi connectivity index (χ2v) is 13.5. The number of amides is 1. The first-order valence-electron chi connectivity index (χ1n) is 15.5. The Kier molecular flexibility index (Phi) is 10.5. The minimum absolute atomic E-state index is 0.0592. The molecule has 0 saturated carbocycles. The predicted molar refractivity (Wildman–Crippen MR) is 175 cm³/mol.